The summed E-state index contributed by atoms with van der Waals surface area (Å²) in [6.07, 6.45) is 1.02. The molecule has 1 rings (SSSR count). The first-order chi connectivity index (χ1) is 8.20. The maximum atomic E-state index is 11.8. The number of aromatic nitrogens is 1. The van der Waals surface area contributed by atoms with Crippen LogP contribution in [0.5, 0.6) is 0 Å². The van der Waals surface area contributed by atoms with E-state index in [-0.39, 0.29) is 21.8 Å². The molecule has 0 bridgehead atoms. The molecule has 0 atom stereocenters. The number of nitro groups is 1. The number of nitrogens with one attached hydrogen (secondary N) is 1. The zero-order chi connectivity index (χ0) is 13.9. The van der Waals surface area contributed by atoms with Crippen LogP contribution in [0.2, 0.25) is 5.15 Å². The quantitative estimate of drug-likeness (QED) is 0.520. The van der Waals surface area contributed by atoms with Gasteiger partial charge < -0.3 is 5.32 Å². The second kappa shape index (κ2) is 5.30. The van der Waals surface area contributed by atoms with Crippen LogP contribution in [0.15, 0.2) is 12.3 Å². The lowest BCUT2D eigenvalue weighted by molar-refractivity contribution is -0.385. The molecule has 0 saturated carbocycles. The van der Waals surface area contributed by atoms with Crippen molar-refractivity contribution < 1.29 is 9.72 Å². The Kier molecular flexibility index (Phi) is 4.24. The van der Waals surface area contributed by atoms with Gasteiger partial charge in [0.05, 0.1) is 10.5 Å². The van der Waals surface area contributed by atoms with E-state index in [0.717, 1.165) is 12.3 Å². The van der Waals surface area contributed by atoms with Crippen molar-refractivity contribution in [3.63, 3.8) is 0 Å². The lowest BCUT2D eigenvalue weighted by Gasteiger charge is -2.18. The number of hydrogen-bond donors (Lipinski definition) is 1. The highest BCUT2D eigenvalue weighted by atomic mass is 35.5. The van der Waals surface area contributed by atoms with Gasteiger partial charge in [0.2, 0.25) is 0 Å². The van der Waals surface area contributed by atoms with E-state index in [1.165, 1.54) is 0 Å². The van der Waals surface area contributed by atoms with Crippen LogP contribution in [0.4, 0.5) is 5.69 Å². The number of nitrogens with zero attached hydrogens (tertiary/aromatic N) is 2. The number of carbonyl (C=O) groups excluding carboxylic acids is 1. The topological polar surface area (TPSA) is 85.1 Å². The second-order valence-electron chi connectivity index (χ2n) is 5.03. The summed E-state index contributed by atoms with van der Waals surface area (Å²) < 4.78 is 0. The van der Waals surface area contributed by atoms with Gasteiger partial charge >= 0.3 is 0 Å². The minimum atomic E-state index is -0.621. The van der Waals surface area contributed by atoms with Crippen molar-refractivity contribution in [3.05, 3.63) is 33.1 Å². The lowest BCUT2D eigenvalue weighted by Crippen LogP contribution is -2.32. The van der Waals surface area contributed by atoms with Crippen LogP contribution in [0, 0.1) is 15.5 Å². The number of carbonyl (C=O) groups is 1. The van der Waals surface area contributed by atoms with E-state index < -0.39 is 10.8 Å². The zero-order valence-corrected chi connectivity index (χ0v) is 11.1. The summed E-state index contributed by atoms with van der Waals surface area (Å²) in [6, 6.07) is 1.12. The Morgan fingerprint density at radius 1 is 1.56 bits per heavy atom. The Bertz CT molecular complexity index is 483. The molecule has 6 nitrogen and oxygen atoms in total. The smallest absolute Gasteiger partial charge is 0.288 e. The Balaban J connectivity index is 2.91. The van der Waals surface area contributed by atoms with Gasteiger partial charge in [-0.3, -0.25) is 14.9 Å². The highest BCUT2D eigenvalue weighted by molar-refractivity contribution is 6.32. The molecule has 0 radical (unpaired) electrons. The molecular formula is C11H14ClN3O3. The van der Waals surface area contributed by atoms with E-state index in [4.69, 9.17) is 11.6 Å². The highest BCUT2D eigenvalue weighted by Crippen LogP contribution is 2.19. The molecular weight excluding hydrogens is 258 g/mol. The van der Waals surface area contributed by atoms with Crippen LogP contribution in [0.1, 0.15) is 31.1 Å². The van der Waals surface area contributed by atoms with E-state index in [9.17, 15) is 14.9 Å². The first-order valence-corrected chi connectivity index (χ1v) is 5.66. The largest absolute Gasteiger partial charge is 0.351 e. The Morgan fingerprint density at radius 3 is 2.67 bits per heavy atom. The molecule has 1 amide bonds. The molecule has 0 spiro atoms. The number of hydrogen-bond acceptors (Lipinski definition) is 4. The van der Waals surface area contributed by atoms with Gasteiger partial charge in [-0.25, -0.2) is 4.98 Å². The van der Waals surface area contributed by atoms with E-state index >= 15 is 0 Å². The van der Waals surface area contributed by atoms with Gasteiger partial charge in [0.1, 0.15) is 11.3 Å². The molecule has 1 N–H and O–H groups in total. The van der Waals surface area contributed by atoms with Crippen LogP contribution < -0.4 is 5.32 Å². The van der Waals surface area contributed by atoms with Gasteiger partial charge in [-0.1, -0.05) is 32.4 Å². The number of amides is 1. The standard InChI is InChI=1S/C11H14ClN3O3/c1-11(2,3)6-14-10(16)8-4-7(15(17)18)5-13-9(8)12/h4-5H,6H2,1-3H3,(H,14,16). The first-order valence-electron chi connectivity index (χ1n) is 5.29. The van der Waals surface area contributed by atoms with Gasteiger partial charge in [0.25, 0.3) is 11.6 Å². The van der Waals surface area contributed by atoms with Crippen molar-refractivity contribution in [2.24, 2.45) is 5.41 Å². The highest BCUT2D eigenvalue weighted by Gasteiger charge is 2.19. The third-order valence-corrected chi connectivity index (χ3v) is 2.36. The summed E-state index contributed by atoms with van der Waals surface area (Å²) in [4.78, 5) is 25.4. The molecule has 98 valence electrons. The molecule has 0 aliphatic carbocycles. The molecule has 0 aliphatic rings. The molecule has 0 aromatic carbocycles. The number of rotatable bonds is 3. The Labute approximate surface area is 110 Å². The first kappa shape index (κ1) is 14.4. The summed E-state index contributed by atoms with van der Waals surface area (Å²) in [6.45, 7) is 6.31. The van der Waals surface area contributed by atoms with Gasteiger partial charge in [-0.05, 0) is 5.41 Å². The summed E-state index contributed by atoms with van der Waals surface area (Å²) in [7, 11) is 0. The summed E-state index contributed by atoms with van der Waals surface area (Å²) in [5.74, 6) is -0.467. The van der Waals surface area contributed by atoms with Crippen molar-refractivity contribution in [3.8, 4) is 0 Å². The predicted octanol–water partition coefficient (Wildman–Crippen LogP) is 2.42. The molecule has 1 aromatic rings. The van der Waals surface area contributed by atoms with E-state index in [0.29, 0.717) is 6.54 Å². The third kappa shape index (κ3) is 3.96. The lowest BCUT2D eigenvalue weighted by atomic mass is 9.97. The number of pyridine rings is 1. The minimum Gasteiger partial charge on any atom is -0.351 e. The van der Waals surface area contributed by atoms with Crippen molar-refractivity contribution >= 4 is 23.2 Å². The van der Waals surface area contributed by atoms with E-state index in [2.05, 4.69) is 10.3 Å². The van der Waals surface area contributed by atoms with Crippen LogP contribution >= 0.6 is 11.6 Å². The van der Waals surface area contributed by atoms with Gasteiger partial charge in [0, 0.05) is 12.6 Å². The molecule has 0 saturated heterocycles. The summed E-state index contributed by atoms with van der Waals surface area (Å²) in [5.41, 5.74) is -0.341. The van der Waals surface area contributed by atoms with Crippen LogP contribution in [-0.2, 0) is 0 Å². The van der Waals surface area contributed by atoms with Crippen LogP contribution in [0.3, 0.4) is 0 Å². The monoisotopic (exact) mass is 271 g/mol. The SMILES string of the molecule is CC(C)(C)CNC(=O)c1cc([N+](=O)[O-])cnc1Cl. The fourth-order valence-electron chi connectivity index (χ4n) is 1.14. The molecule has 1 aromatic heterocycles. The zero-order valence-electron chi connectivity index (χ0n) is 10.4. The van der Waals surface area contributed by atoms with Gasteiger partial charge in [0.15, 0.2) is 0 Å². The maximum Gasteiger partial charge on any atom is 0.288 e. The maximum absolute atomic E-state index is 11.8. The molecule has 1 heterocycles. The normalized spacial score (nSPS) is 11.1. The van der Waals surface area contributed by atoms with Crippen molar-refractivity contribution in [2.45, 2.75) is 20.8 Å². The fraction of sp³-hybridized carbons (Fsp3) is 0.455. The average Bonchev–Trinajstić information content (AvgIpc) is 2.25. The molecule has 18 heavy (non-hydrogen) atoms. The van der Waals surface area contributed by atoms with Crippen LogP contribution in [0.25, 0.3) is 0 Å². The van der Waals surface area contributed by atoms with Crippen molar-refractivity contribution in [1.82, 2.24) is 10.3 Å². The predicted molar refractivity (Wildman–Crippen MR) is 67.7 cm³/mol. The van der Waals surface area contributed by atoms with Crippen molar-refractivity contribution in [2.75, 3.05) is 6.54 Å². The van der Waals surface area contributed by atoms with Gasteiger partial charge in [-0.2, -0.15) is 0 Å². The average molecular weight is 272 g/mol. The van der Waals surface area contributed by atoms with Gasteiger partial charge in [-0.15, -0.1) is 0 Å². The third-order valence-electron chi connectivity index (χ3n) is 2.06. The minimum absolute atomic E-state index is 0.00937. The molecule has 0 unspecified atom stereocenters. The molecule has 0 fully saturated rings. The Morgan fingerprint density at radius 2 is 2.17 bits per heavy atom. The fourth-order valence-corrected chi connectivity index (χ4v) is 1.33. The van der Waals surface area contributed by atoms with E-state index in [1.807, 2.05) is 20.8 Å². The van der Waals surface area contributed by atoms with Crippen molar-refractivity contribution in [1.29, 1.82) is 0 Å². The summed E-state index contributed by atoms with van der Waals surface area (Å²) in [5, 5.41) is 13.2. The molecule has 7 heteroatoms. The van der Waals surface area contributed by atoms with Crippen LogP contribution in [-0.4, -0.2) is 22.4 Å². The second-order valence-corrected chi connectivity index (χ2v) is 5.39. The molecule has 0 aliphatic heterocycles. The van der Waals surface area contributed by atoms with E-state index in [1.54, 1.807) is 0 Å². The Hall–Kier alpha value is -1.69. The number of halogens is 1. The summed E-state index contributed by atoms with van der Waals surface area (Å²) >= 11 is 5.75.